The molecule has 0 unspecified atom stereocenters. The average Bonchev–Trinajstić information content (AvgIpc) is 2.09. The third kappa shape index (κ3) is 4.62. The maximum Gasteiger partial charge on any atom is 0.141 e. The fourth-order valence-electron chi connectivity index (χ4n) is 1.64. The monoisotopic (exact) mass is 299 g/mol. The van der Waals surface area contributed by atoms with Gasteiger partial charge in [0, 0.05) is 6.42 Å². The number of nitrogens with two attached hydrogens (primary N) is 1. The van der Waals surface area contributed by atoms with E-state index in [9.17, 15) is 0 Å². The maximum absolute atomic E-state index is 5.92. The standard InChI is InChI=1S/C13H22BrN3/c1-8(2)6-9-11(14)12(15)17-10(16-9)7-13(3,4)5/h8H,6-7H2,1-5H3,(H2,15,16,17). The molecule has 3 nitrogen and oxygen atoms in total. The van der Waals surface area contributed by atoms with Gasteiger partial charge in [-0.05, 0) is 33.7 Å². The predicted molar refractivity (Wildman–Crippen MR) is 75.8 cm³/mol. The van der Waals surface area contributed by atoms with Crippen molar-refractivity contribution in [2.45, 2.75) is 47.5 Å². The number of hydrogen-bond donors (Lipinski definition) is 1. The van der Waals surface area contributed by atoms with Gasteiger partial charge < -0.3 is 5.73 Å². The molecule has 0 fully saturated rings. The van der Waals surface area contributed by atoms with Crippen LogP contribution in [0, 0.1) is 11.3 Å². The molecule has 0 atom stereocenters. The SMILES string of the molecule is CC(C)Cc1nc(CC(C)(C)C)nc(N)c1Br. The van der Waals surface area contributed by atoms with Crippen LogP contribution in [-0.2, 0) is 12.8 Å². The molecule has 0 aromatic carbocycles. The summed E-state index contributed by atoms with van der Waals surface area (Å²) in [5.74, 6) is 1.95. The molecule has 2 N–H and O–H groups in total. The van der Waals surface area contributed by atoms with E-state index in [0.29, 0.717) is 11.7 Å². The number of hydrogen-bond acceptors (Lipinski definition) is 3. The van der Waals surface area contributed by atoms with Gasteiger partial charge in [0.25, 0.3) is 0 Å². The average molecular weight is 300 g/mol. The Kier molecular flexibility index (Phi) is 4.53. The maximum atomic E-state index is 5.92. The van der Waals surface area contributed by atoms with Crippen molar-refractivity contribution in [2.75, 3.05) is 5.73 Å². The lowest BCUT2D eigenvalue weighted by molar-refractivity contribution is 0.400. The van der Waals surface area contributed by atoms with Gasteiger partial charge in [-0.1, -0.05) is 34.6 Å². The zero-order valence-electron chi connectivity index (χ0n) is 11.3. The lowest BCUT2D eigenvalue weighted by Gasteiger charge is -2.18. The first kappa shape index (κ1) is 14.4. The van der Waals surface area contributed by atoms with E-state index in [2.05, 4.69) is 60.5 Å². The Morgan fingerprint density at radius 1 is 1.24 bits per heavy atom. The van der Waals surface area contributed by atoms with Crippen molar-refractivity contribution in [2.24, 2.45) is 11.3 Å². The molecule has 0 saturated heterocycles. The first-order chi connectivity index (χ1) is 7.69. The first-order valence-electron chi connectivity index (χ1n) is 6.00. The number of aromatic nitrogens is 2. The Morgan fingerprint density at radius 2 is 1.82 bits per heavy atom. The molecular weight excluding hydrogens is 278 g/mol. The van der Waals surface area contributed by atoms with Crippen LogP contribution in [0.5, 0.6) is 0 Å². The first-order valence-corrected chi connectivity index (χ1v) is 6.79. The summed E-state index contributed by atoms with van der Waals surface area (Å²) >= 11 is 3.47. The highest BCUT2D eigenvalue weighted by molar-refractivity contribution is 9.10. The van der Waals surface area contributed by atoms with E-state index in [1.165, 1.54) is 0 Å². The molecular formula is C13H22BrN3. The van der Waals surface area contributed by atoms with Crippen LogP contribution in [0.1, 0.15) is 46.1 Å². The van der Waals surface area contributed by atoms with Gasteiger partial charge >= 0.3 is 0 Å². The summed E-state index contributed by atoms with van der Waals surface area (Å²) in [7, 11) is 0. The van der Waals surface area contributed by atoms with Gasteiger partial charge in [-0.15, -0.1) is 0 Å². The lowest BCUT2D eigenvalue weighted by atomic mass is 9.92. The Hall–Kier alpha value is -0.640. The van der Waals surface area contributed by atoms with Crippen molar-refractivity contribution >= 4 is 21.7 Å². The van der Waals surface area contributed by atoms with Gasteiger partial charge in [0.2, 0.25) is 0 Å². The largest absolute Gasteiger partial charge is 0.383 e. The number of anilines is 1. The van der Waals surface area contributed by atoms with Crippen molar-refractivity contribution in [1.29, 1.82) is 0 Å². The molecule has 0 spiro atoms. The second-order valence-corrected chi connectivity index (χ2v) is 6.91. The van der Waals surface area contributed by atoms with E-state index in [1.54, 1.807) is 0 Å². The summed E-state index contributed by atoms with van der Waals surface area (Å²) in [6.07, 6.45) is 1.76. The van der Waals surface area contributed by atoms with E-state index in [4.69, 9.17) is 5.73 Å². The highest BCUT2D eigenvalue weighted by Crippen LogP contribution is 2.26. The lowest BCUT2D eigenvalue weighted by Crippen LogP contribution is -2.15. The number of rotatable bonds is 3. The number of nitrogen functional groups attached to an aromatic ring is 1. The minimum atomic E-state index is 0.176. The Labute approximate surface area is 112 Å². The van der Waals surface area contributed by atoms with Gasteiger partial charge in [-0.25, -0.2) is 9.97 Å². The topological polar surface area (TPSA) is 51.8 Å². The van der Waals surface area contributed by atoms with E-state index < -0.39 is 0 Å². The second-order valence-electron chi connectivity index (χ2n) is 6.12. The van der Waals surface area contributed by atoms with Crippen LogP contribution in [0.15, 0.2) is 4.47 Å². The molecule has 0 aliphatic carbocycles. The number of nitrogens with zero attached hydrogens (tertiary/aromatic N) is 2. The van der Waals surface area contributed by atoms with E-state index in [1.807, 2.05) is 0 Å². The number of halogens is 1. The molecule has 1 heterocycles. The third-order valence-corrected chi connectivity index (χ3v) is 3.15. The van der Waals surface area contributed by atoms with Gasteiger partial charge in [0.05, 0.1) is 10.2 Å². The molecule has 0 aliphatic rings. The van der Waals surface area contributed by atoms with Crippen molar-refractivity contribution < 1.29 is 0 Å². The molecule has 0 amide bonds. The Morgan fingerprint density at radius 3 is 2.29 bits per heavy atom. The van der Waals surface area contributed by atoms with Crippen LogP contribution in [0.4, 0.5) is 5.82 Å². The Balaban J connectivity index is 3.06. The van der Waals surface area contributed by atoms with Crippen molar-refractivity contribution in [3.8, 4) is 0 Å². The molecule has 4 heteroatoms. The van der Waals surface area contributed by atoms with Crippen LogP contribution >= 0.6 is 15.9 Å². The zero-order valence-corrected chi connectivity index (χ0v) is 12.9. The normalized spacial score (nSPS) is 12.2. The van der Waals surface area contributed by atoms with Gasteiger partial charge in [0.1, 0.15) is 11.6 Å². The highest BCUT2D eigenvalue weighted by atomic mass is 79.9. The fraction of sp³-hybridized carbons (Fsp3) is 0.692. The van der Waals surface area contributed by atoms with Gasteiger partial charge in [-0.3, -0.25) is 0 Å². The van der Waals surface area contributed by atoms with Crippen molar-refractivity contribution in [3.63, 3.8) is 0 Å². The van der Waals surface area contributed by atoms with Crippen molar-refractivity contribution in [3.05, 3.63) is 16.0 Å². The predicted octanol–water partition coefficient (Wildman–Crippen LogP) is 3.61. The molecule has 17 heavy (non-hydrogen) atoms. The van der Waals surface area contributed by atoms with Crippen LogP contribution in [-0.4, -0.2) is 9.97 Å². The van der Waals surface area contributed by atoms with Crippen LogP contribution < -0.4 is 5.73 Å². The summed E-state index contributed by atoms with van der Waals surface area (Å²) in [6, 6.07) is 0. The van der Waals surface area contributed by atoms with Crippen molar-refractivity contribution in [1.82, 2.24) is 9.97 Å². The highest BCUT2D eigenvalue weighted by Gasteiger charge is 2.17. The third-order valence-electron chi connectivity index (χ3n) is 2.28. The summed E-state index contributed by atoms with van der Waals surface area (Å²) in [6.45, 7) is 10.9. The van der Waals surface area contributed by atoms with Crippen LogP contribution in [0.2, 0.25) is 0 Å². The molecule has 0 saturated carbocycles. The molecule has 96 valence electrons. The smallest absolute Gasteiger partial charge is 0.141 e. The van der Waals surface area contributed by atoms with E-state index in [0.717, 1.165) is 28.8 Å². The van der Waals surface area contributed by atoms with E-state index in [-0.39, 0.29) is 5.41 Å². The molecule has 0 radical (unpaired) electrons. The van der Waals surface area contributed by atoms with Gasteiger partial charge in [0.15, 0.2) is 0 Å². The molecule has 1 aromatic rings. The molecule has 1 aromatic heterocycles. The quantitative estimate of drug-likeness (QED) is 0.927. The fourth-order valence-corrected chi connectivity index (χ4v) is 1.98. The van der Waals surface area contributed by atoms with Crippen LogP contribution in [0.25, 0.3) is 0 Å². The molecule has 0 aliphatic heterocycles. The zero-order chi connectivity index (χ0) is 13.2. The summed E-state index contributed by atoms with van der Waals surface area (Å²) in [4.78, 5) is 8.97. The minimum Gasteiger partial charge on any atom is -0.383 e. The molecule has 0 bridgehead atoms. The minimum absolute atomic E-state index is 0.176. The van der Waals surface area contributed by atoms with Gasteiger partial charge in [-0.2, -0.15) is 0 Å². The molecule has 1 rings (SSSR count). The summed E-state index contributed by atoms with van der Waals surface area (Å²) in [5.41, 5.74) is 7.11. The second kappa shape index (κ2) is 5.34. The summed E-state index contributed by atoms with van der Waals surface area (Å²) < 4.78 is 0.851. The van der Waals surface area contributed by atoms with Crippen LogP contribution in [0.3, 0.4) is 0 Å². The van der Waals surface area contributed by atoms with E-state index >= 15 is 0 Å². The summed E-state index contributed by atoms with van der Waals surface area (Å²) in [5, 5.41) is 0. The Bertz CT molecular complexity index is 394.